The lowest BCUT2D eigenvalue weighted by Gasteiger charge is -2.35. The van der Waals surface area contributed by atoms with E-state index >= 15 is 0 Å². The first-order valence-corrected chi connectivity index (χ1v) is 18.5. The number of amides is 1. The minimum Gasteiger partial charge on any atom is -0.491 e. The number of alkyl carbamates (subject to hydrolysis) is 1. The highest BCUT2D eigenvalue weighted by Gasteiger charge is 2.30. The molecule has 3 aliphatic rings. The summed E-state index contributed by atoms with van der Waals surface area (Å²) in [7, 11) is -3.44. The molecule has 1 aromatic heterocycles. The van der Waals surface area contributed by atoms with Gasteiger partial charge in [-0.2, -0.15) is 4.98 Å². The van der Waals surface area contributed by atoms with Gasteiger partial charge in [0.1, 0.15) is 16.4 Å². The number of carbonyl (C=O) groups excluding carboxylic acids is 1. The van der Waals surface area contributed by atoms with Crippen LogP contribution in [-0.4, -0.2) is 81.7 Å². The summed E-state index contributed by atoms with van der Waals surface area (Å²) in [6.07, 6.45) is 5.74. The summed E-state index contributed by atoms with van der Waals surface area (Å²) >= 11 is 6.50. The molecule has 0 bridgehead atoms. The number of nitrogens with zero attached hydrogens (tertiary/aromatic N) is 4. The number of para-hydroxylation sites is 1. The van der Waals surface area contributed by atoms with Gasteiger partial charge < -0.3 is 35.6 Å². The lowest BCUT2D eigenvalue weighted by Crippen LogP contribution is -2.45. The van der Waals surface area contributed by atoms with Crippen LogP contribution in [-0.2, 0) is 27.6 Å². The molecule has 4 heterocycles. The Balaban J connectivity index is 1.09. The van der Waals surface area contributed by atoms with Crippen LogP contribution in [0.5, 0.6) is 5.75 Å². The maximum atomic E-state index is 12.5. The van der Waals surface area contributed by atoms with Gasteiger partial charge in [0.15, 0.2) is 5.82 Å². The van der Waals surface area contributed by atoms with Gasteiger partial charge in [-0.1, -0.05) is 23.7 Å². The summed E-state index contributed by atoms with van der Waals surface area (Å²) in [5.41, 5.74) is 4.73. The molecule has 3 aliphatic heterocycles. The Morgan fingerprint density at radius 2 is 1.85 bits per heavy atom. The topological polar surface area (TPSA) is 150 Å². The van der Waals surface area contributed by atoms with Gasteiger partial charge in [0.25, 0.3) is 0 Å². The molecular weight excluding hydrogens is 656 g/mol. The van der Waals surface area contributed by atoms with Crippen molar-refractivity contribution in [3.05, 3.63) is 52.7 Å². The predicted molar refractivity (Wildman–Crippen MR) is 189 cm³/mol. The standard InChI is InChI=1S/C33H43ClN8O5S/c1-33(2,3)47-32(43)36-15-14-35-22-11-16-41(17-12-22)27-9-8-26(29-23(27)13-19-46-29)39-31-37-20-24(34)30(40-31)38-25-7-5-6-21-10-18-42(28(21)25)48(4,44)45/h5-9,20,22,35H,10-19H2,1-4H3,(H,36,43)(H2,37,38,39,40). The fourth-order valence-electron chi connectivity index (χ4n) is 6.37. The quantitative estimate of drug-likeness (QED) is 0.213. The van der Waals surface area contributed by atoms with E-state index in [9.17, 15) is 13.2 Å². The predicted octanol–water partition coefficient (Wildman–Crippen LogP) is 4.96. The second kappa shape index (κ2) is 13.8. The lowest BCUT2D eigenvalue weighted by molar-refractivity contribution is 0.0527. The number of ether oxygens (including phenoxy) is 2. The normalized spacial score (nSPS) is 16.3. The first-order chi connectivity index (χ1) is 22.9. The van der Waals surface area contributed by atoms with Gasteiger partial charge in [-0.05, 0) is 63.8 Å². The summed E-state index contributed by atoms with van der Waals surface area (Å²) in [6, 6.07) is 10.1. The van der Waals surface area contributed by atoms with Gasteiger partial charge >= 0.3 is 6.09 Å². The van der Waals surface area contributed by atoms with Crippen molar-refractivity contribution in [2.75, 3.05) is 65.4 Å². The number of carbonyl (C=O) groups is 1. The van der Waals surface area contributed by atoms with Crippen LogP contribution in [0.25, 0.3) is 0 Å². The molecule has 1 fully saturated rings. The average Bonchev–Trinajstić information content (AvgIpc) is 3.70. The Morgan fingerprint density at radius 3 is 2.60 bits per heavy atom. The van der Waals surface area contributed by atoms with Gasteiger partial charge in [0.05, 0.1) is 36.1 Å². The molecule has 1 saturated heterocycles. The Bertz CT molecular complexity index is 1780. The number of aromatic nitrogens is 2. The first kappa shape index (κ1) is 33.9. The van der Waals surface area contributed by atoms with Crippen molar-refractivity contribution in [3.63, 3.8) is 0 Å². The molecule has 0 aliphatic carbocycles. The minimum atomic E-state index is -3.44. The maximum absolute atomic E-state index is 12.5. The number of benzene rings is 2. The fraction of sp³-hybridized carbons (Fsp3) is 0.485. The van der Waals surface area contributed by atoms with Crippen molar-refractivity contribution in [2.24, 2.45) is 0 Å². The zero-order chi connectivity index (χ0) is 34.1. The molecule has 48 heavy (non-hydrogen) atoms. The van der Waals surface area contributed by atoms with E-state index in [2.05, 4.69) is 42.2 Å². The fourth-order valence-corrected chi connectivity index (χ4v) is 7.48. The number of piperidine rings is 1. The molecule has 0 unspecified atom stereocenters. The molecule has 2 aromatic carbocycles. The Labute approximate surface area is 286 Å². The van der Waals surface area contributed by atoms with E-state index in [1.165, 1.54) is 22.4 Å². The molecule has 3 aromatic rings. The number of hydrogen-bond acceptors (Lipinski definition) is 11. The molecule has 15 heteroatoms. The average molecular weight is 699 g/mol. The summed E-state index contributed by atoms with van der Waals surface area (Å²) < 4.78 is 37.7. The Kier molecular flexibility index (Phi) is 9.77. The van der Waals surface area contributed by atoms with Gasteiger partial charge in [0.2, 0.25) is 16.0 Å². The van der Waals surface area contributed by atoms with Crippen LogP contribution in [0.2, 0.25) is 5.02 Å². The van der Waals surface area contributed by atoms with E-state index in [1.54, 1.807) is 0 Å². The first-order valence-electron chi connectivity index (χ1n) is 16.3. The monoisotopic (exact) mass is 698 g/mol. The number of sulfonamides is 1. The number of fused-ring (bicyclic) bond motifs is 2. The van der Waals surface area contributed by atoms with E-state index in [0.29, 0.717) is 66.9 Å². The number of anilines is 6. The zero-order valence-electron chi connectivity index (χ0n) is 27.7. The lowest BCUT2D eigenvalue weighted by atomic mass is 10.0. The van der Waals surface area contributed by atoms with Crippen molar-refractivity contribution in [3.8, 4) is 5.75 Å². The second-order valence-electron chi connectivity index (χ2n) is 13.2. The largest absolute Gasteiger partial charge is 0.491 e. The number of hydrogen-bond donors (Lipinski definition) is 4. The van der Waals surface area contributed by atoms with E-state index < -0.39 is 21.7 Å². The molecule has 0 spiro atoms. The van der Waals surface area contributed by atoms with Crippen molar-refractivity contribution < 1.29 is 22.7 Å². The smallest absolute Gasteiger partial charge is 0.407 e. The van der Waals surface area contributed by atoms with Crippen LogP contribution in [0.1, 0.15) is 44.7 Å². The van der Waals surface area contributed by atoms with Crippen LogP contribution in [0.15, 0.2) is 36.5 Å². The zero-order valence-corrected chi connectivity index (χ0v) is 29.3. The third kappa shape index (κ3) is 7.82. The molecule has 0 atom stereocenters. The highest BCUT2D eigenvalue weighted by Crippen LogP contribution is 2.43. The highest BCUT2D eigenvalue weighted by molar-refractivity contribution is 7.92. The van der Waals surface area contributed by atoms with Crippen LogP contribution >= 0.6 is 11.6 Å². The van der Waals surface area contributed by atoms with Gasteiger partial charge in [-0.3, -0.25) is 4.31 Å². The Hall–Kier alpha value is -4.01. The van der Waals surface area contributed by atoms with Crippen LogP contribution in [0.4, 0.5) is 39.3 Å². The van der Waals surface area contributed by atoms with Crippen molar-refractivity contribution in [2.45, 2.75) is 58.1 Å². The van der Waals surface area contributed by atoms with Gasteiger partial charge in [0, 0.05) is 56.4 Å². The van der Waals surface area contributed by atoms with E-state index in [-0.39, 0.29) is 0 Å². The minimum absolute atomic E-state index is 0.302. The maximum Gasteiger partial charge on any atom is 0.407 e. The van der Waals surface area contributed by atoms with E-state index in [0.717, 1.165) is 54.9 Å². The third-order valence-corrected chi connectivity index (χ3v) is 9.94. The highest BCUT2D eigenvalue weighted by atomic mass is 35.5. The molecule has 4 N–H and O–H groups in total. The van der Waals surface area contributed by atoms with Crippen LogP contribution in [0.3, 0.4) is 0 Å². The molecule has 6 rings (SSSR count). The summed E-state index contributed by atoms with van der Waals surface area (Å²) in [4.78, 5) is 23.3. The molecule has 13 nitrogen and oxygen atoms in total. The Morgan fingerprint density at radius 1 is 1.06 bits per heavy atom. The molecule has 258 valence electrons. The number of halogens is 1. The van der Waals surface area contributed by atoms with E-state index in [4.69, 9.17) is 21.1 Å². The van der Waals surface area contributed by atoms with Crippen molar-refractivity contribution in [1.82, 2.24) is 20.6 Å². The van der Waals surface area contributed by atoms with Crippen molar-refractivity contribution >= 4 is 62.2 Å². The number of nitrogens with one attached hydrogen (secondary N) is 4. The molecule has 0 saturated carbocycles. The summed E-state index contributed by atoms with van der Waals surface area (Å²) in [5, 5.41) is 13.2. The van der Waals surface area contributed by atoms with Crippen molar-refractivity contribution in [1.29, 1.82) is 0 Å². The van der Waals surface area contributed by atoms with Gasteiger partial charge in [-0.15, -0.1) is 0 Å². The SMILES string of the molecule is CC(C)(C)OC(=O)NCCNC1CCN(c2ccc(Nc3ncc(Cl)c(Nc4cccc5c4N(S(C)(=O)=O)CC5)n3)c3c2CCO3)CC1. The van der Waals surface area contributed by atoms with Crippen LogP contribution < -0.4 is 35.2 Å². The summed E-state index contributed by atoms with van der Waals surface area (Å²) in [6.45, 7) is 9.55. The molecule has 1 amide bonds. The second-order valence-corrected chi connectivity index (χ2v) is 15.5. The molecular formula is C33H43ClN8O5S. The molecule has 0 radical (unpaired) electrons. The summed E-state index contributed by atoms with van der Waals surface area (Å²) in [5.74, 6) is 1.47. The van der Waals surface area contributed by atoms with Gasteiger partial charge in [-0.25, -0.2) is 18.2 Å². The van der Waals surface area contributed by atoms with E-state index in [1.807, 2.05) is 45.0 Å². The van der Waals surface area contributed by atoms with Crippen LogP contribution in [0, 0.1) is 0 Å². The number of rotatable bonds is 10. The third-order valence-electron chi connectivity index (χ3n) is 8.49.